The van der Waals surface area contributed by atoms with Crippen molar-refractivity contribution in [1.29, 1.82) is 0 Å². The van der Waals surface area contributed by atoms with Gasteiger partial charge in [0.1, 0.15) is 16.7 Å². The van der Waals surface area contributed by atoms with Crippen molar-refractivity contribution in [1.82, 2.24) is 48.6 Å². The Balaban J connectivity index is 0.000000100. The van der Waals surface area contributed by atoms with E-state index in [1.807, 2.05) is 130 Å². The van der Waals surface area contributed by atoms with Crippen LogP contribution in [0.2, 0.25) is 0 Å². The minimum Gasteiger partial charge on any atom is -0.437 e. The molecule has 0 aliphatic carbocycles. The van der Waals surface area contributed by atoms with Crippen LogP contribution < -0.4 is 0 Å². The van der Waals surface area contributed by atoms with Crippen LogP contribution in [-0.4, -0.2) is 48.6 Å². The maximum Gasteiger partial charge on any atom is 0.238 e. The molecular weight excluding hydrogens is 1640 g/mol. The van der Waals surface area contributed by atoms with Crippen molar-refractivity contribution in [3.05, 3.63) is 376 Å². The van der Waals surface area contributed by atoms with E-state index in [2.05, 4.69) is 251 Å². The molecule has 13 heterocycles. The number of fused-ring (bicyclic) bond motifs is 39. The van der Waals surface area contributed by atoms with Gasteiger partial charge < -0.3 is 13.3 Å². The fourth-order valence-corrected chi connectivity index (χ4v) is 24.0. The number of aromatic nitrogens is 10. The topological polar surface area (TPSA) is 144 Å². The zero-order valence-corrected chi connectivity index (χ0v) is 70.3. The molecule has 0 fully saturated rings. The lowest BCUT2D eigenvalue weighted by molar-refractivity contribution is 0.651. The lowest BCUT2D eigenvalue weighted by atomic mass is 9.99. The lowest BCUT2D eigenvalue weighted by Gasteiger charge is -2.11. The van der Waals surface area contributed by atoms with Crippen LogP contribution in [0.1, 0.15) is 6.85 Å². The van der Waals surface area contributed by atoms with E-state index in [-0.39, 0.29) is 35.0 Å². The van der Waals surface area contributed by atoms with Crippen LogP contribution >= 0.6 is 34.0 Å². The molecule has 0 radical (unpaired) electrons. The molecule has 17 aromatic carbocycles. The maximum atomic E-state index is 8.91. The van der Waals surface area contributed by atoms with Crippen LogP contribution in [0.4, 0.5) is 0 Å². The molecule has 30 rings (SSSR count). The Morgan fingerprint density at radius 2 is 0.519 bits per heavy atom. The number of thiophene rings is 3. The summed E-state index contributed by atoms with van der Waals surface area (Å²) in [5.41, 5.74) is 13.6. The van der Waals surface area contributed by atoms with E-state index >= 15 is 0 Å². The first-order chi connectivity index (χ1) is 66.1. The summed E-state index contributed by atoms with van der Waals surface area (Å²) in [4.78, 5) is 35.6. The number of para-hydroxylation sites is 6. The van der Waals surface area contributed by atoms with Crippen molar-refractivity contribution in [2.75, 3.05) is 0 Å². The van der Waals surface area contributed by atoms with E-state index in [0.29, 0.717) is 39.7 Å². The number of hydrogen-bond donors (Lipinski definition) is 0. The average Bonchev–Trinajstić information content (AvgIpc) is 1.54. The first-order valence-electron chi connectivity index (χ1n) is 45.0. The standard InChI is InChI=1S/2C38H21N3OS.C37H20N4OS/c2*1-2-12-22(13-3-1)34-33-26-17-7-10-20-29(26)42-37(33)40-38(39-34)41-28-19-9-6-16-25(28)31-23-14-4-5-15-24(23)32-27-18-8-11-21-30(27)43-36(32)35(31)41;1-2-12-23-22(11-1)30-24-13-3-6-16-27(24)41(34(30)35-31(23)26-15-5-8-18-29(26)43-35)37-39-33(21-10-9-19-38-20-21)32-25-14-4-7-17-28(25)42-36(32)40-37/h2*1-21H;1-20H/i1D,2D,3D,12D,13D;;. The SMILES string of the molecule is [2H]c1c([2H])c([2H])c(-c2nc(-n3c4ccccc4c4c5ccccc5c5c6ccccc6sc5c43)nc3oc4ccccc4c23)c([2H])c1[2H].c1ccc(-c2nc(-n3c4ccccc4c4c5ccccc5c5c6ccccc6sc5c43)nc3oc4ccccc4c23)cc1.c1cncc(-c2nc(-n3c4ccccc4c4c5ccccc5c5c6ccccc6sc5c43)nc3oc4ccccc4c23)c1. The van der Waals surface area contributed by atoms with Gasteiger partial charge in [-0.1, -0.05) is 297 Å². The van der Waals surface area contributed by atoms with Gasteiger partial charge in [0.2, 0.25) is 35.0 Å². The molecule has 0 aliphatic heterocycles. The van der Waals surface area contributed by atoms with Gasteiger partial charge in [-0.15, -0.1) is 34.0 Å². The summed E-state index contributed by atoms with van der Waals surface area (Å²) in [6, 6.07) is 113. The van der Waals surface area contributed by atoms with E-state index in [1.165, 1.54) is 88.8 Å². The number of hydrogen-bond acceptors (Lipinski definition) is 13. The predicted octanol–water partition coefficient (Wildman–Crippen LogP) is 31.4. The van der Waals surface area contributed by atoms with Crippen molar-refractivity contribution < 1.29 is 20.1 Å². The molecule has 0 spiro atoms. The van der Waals surface area contributed by atoms with Gasteiger partial charge in [-0.05, 0) is 99.0 Å². The van der Waals surface area contributed by atoms with Gasteiger partial charge in [-0.2, -0.15) is 15.0 Å². The highest BCUT2D eigenvalue weighted by Gasteiger charge is 2.31. The average molecular weight is 1710 g/mol. The summed E-state index contributed by atoms with van der Waals surface area (Å²) < 4.78 is 75.9. The molecule has 0 aliphatic rings. The maximum absolute atomic E-state index is 8.91. The van der Waals surface area contributed by atoms with Gasteiger partial charge in [0, 0.05) is 124 Å². The third-order valence-electron chi connectivity index (χ3n) is 25.5. The van der Waals surface area contributed by atoms with Crippen molar-refractivity contribution in [2.24, 2.45) is 0 Å². The molecule has 600 valence electrons. The molecule has 0 atom stereocenters. The normalized spacial score (nSPS) is 12.7. The lowest BCUT2D eigenvalue weighted by Crippen LogP contribution is -2.03. The molecule has 13 nitrogen and oxygen atoms in total. The minimum absolute atomic E-state index is 0.000529. The highest BCUT2D eigenvalue weighted by molar-refractivity contribution is 7.28. The molecule has 13 aromatic heterocycles. The summed E-state index contributed by atoms with van der Waals surface area (Å²) in [7, 11) is 0. The van der Waals surface area contributed by atoms with Gasteiger partial charge in [-0.25, -0.2) is 15.0 Å². The molecule has 0 saturated carbocycles. The van der Waals surface area contributed by atoms with E-state index in [1.54, 1.807) is 17.5 Å². The van der Waals surface area contributed by atoms with Gasteiger partial charge in [0.15, 0.2) is 0 Å². The number of nitrogens with zero attached hydrogens (tertiary/aromatic N) is 10. The van der Waals surface area contributed by atoms with Gasteiger partial charge in [0.25, 0.3) is 0 Å². The fourth-order valence-electron chi connectivity index (χ4n) is 20.2. The zero-order chi connectivity index (χ0) is 88.6. The van der Waals surface area contributed by atoms with E-state index < -0.39 is 18.1 Å². The molecule has 0 N–H and O–H groups in total. The Bertz CT molecular complexity index is 9960. The largest absolute Gasteiger partial charge is 0.437 e. The minimum atomic E-state index is -0.460. The molecular formula is C113H62N10O3S3. The van der Waals surface area contributed by atoms with Crippen LogP contribution in [0.25, 0.3) is 276 Å². The number of benzene rings is 17. The molecule has 0 bridgehead atoms. The second-order valence-electron chi connectivity index (χ2n) is 32.3. The van der Waals surface area contributed by atoms with Crippen LogP contribution in [0.3, 0.4) is 0 Å². The Morgan fingerprint density at radius 1 is 0.233 bits per heavy atom. The second-order valence-corrected chi connectivity index (χ2v) is 35.5. The first kappa shape index (κ1) is 66.9. The monoisotopic (exact) mass is 1710 g/mol. The second kappa shape index (κ2) is 27.9. The van der Waals surface area contributed by atoms with Crippen LogP contribution in [0.5, 0.6) is 0 Å². The summed E-state index contributed by atoms with van der Waals surface area (Å²) >= 11 is 5.38. The molecule has 0 amide bonds. The first-order valence-corrected chi connectivity index (χ1v) is 44.9. The van der Waals surface area contributed by atoms with Crippen molar-refractivity contribution in [2.45, 2.75) is 0 Å². The third-order valence-corrected chi connectivity index (χ3v) is 29.0. The third kappa shape index (κ3) is 10.5. The summed E-state index contributed by atoms with van der Waals surface area (Å²) in [6.45, 7) is 0. The molecule has 0 unspecified atom stereocenters. The van der Waals surface area contributed by atoms with Gasteiger partial charge >= 0.3 is 0 Å². The van der Waals surface area contributed by atoms with Gasteiger partial charge in [-0.3, -0.25) is 18.7 Å². The summed E-state index contributed by atoms with van der Waals surface area (Å²) in [5, 5.41) is 26.6. The summed E-state index contributed by atoms with van der Waals surface area (Å²) in [5.74, 6) is 1.46. The van der Waals surface area contributed by atoms with Crippen molar-refractivity contribution >= 4 is 258 Å². The van der Waals surface area contributed by atoms with Crippen molar-refractivity contribution in [3.63, 3.8) is 0 Å². The molecule has 30 aromatic rings. The number of rotatable bonds is 6. The summed E-state index contributed by atoms with van der Waals surface area (Å²) in [6.07, 6.45) is 3.64. The van der Waals surface area contributed by atoms with Crippen LogP contribution in [0.15, 0.2) is 390 Å². The Morgan fingerprint density at radius 3 is 0.876 bits per heavy atom. The van der Waals surface area contributed by atoms with Gasteiger partial charge in [0.05, 0.1) is 87.3 Å². The van der Waals surface area contributed by atoms with E-state index in [0.717, 1.165) is 125 Å². The predicted molar refractivity (Wildman–Crippen MR) is 536 cm³/mol. The highest BCUT2D eigenvalue weighted by Crippen LogP contribution is 2.53. The molecule has 16 heteroatoms. The molecule has 129 heavy (non-hydrogen) atoms. The Kier molecular flexibility index (Phi) is 14.5. The Labute approximate surface area is 749 Å². The number of pyridine rings is 1. The van der Waals surface area contributed by atoms with Crippen LogP contribution in [-0.2, 0) is 0 Å². The van der Waals surface area contributed by atoms with Crippen LogP contribution in [0, 0.1) is 0 Å². The number of furan rings is 3. The fraction of sp³-hybridized carbons (Fsp3) is 0. The quantitative estimate of drug-likeness (QED) is 0.158. The molecule has 0 saturated heterocycles. The smallest absolute Gasteiger partial charge is 0.238 e. The van der Waals surface area contributed by atoms with E-state index in [4.69, 9.17) is 50.0 Å². The van der Waals surface area contributed by atoms with Crippen molar-refractivity contribution in [3.8, 4) is 51.6 Å². The highest BCUT2D eigenvalue weighted by atomic mass is 32.1. The zero-order valence-electron chi connectivity index (χ0n) is 72.8. The Hall–Kier alpha value is -16.6. The van der Waals surface area contributed by atoms with E-state index in [9.17, 15) is 0 Å².